The Hall–Kier alpha value is -5.17. The first kappa shape index (κ1) is 30.3. The Morgan fingerprint density at radius 2 is 1.30 bits per heavy atom. The van der Waals surface area contributed by atoms with E-state index in [1.165, 1.54) is 34.2 Å². The Morgan fingerprint density at radius 3 is 1.80 bits per heavy atom. The lowest BCUT2D eigenvalue weighted by Gasteiger charge is -2.13. The maximum Gasteiger partial charge on any atom is 0.416 e. The lowest BCUT2D eigenvalue weighted by molar-refractivity contribution is -0.138. The van der Waals surface area contributed by atoms with Crippen molar-refractivity contribution in [3.63, 3.8) is 0 Å². The van der Waals surface area contributed by atoms with Crippen LogP contribution in [-0.2, 0) is 21.9 Å². The maximum absolute atomic E-state index is 13.5. The minimum atomic E-state index is -4.69. The number of anilines is 2. The highest BCUT2D eigenvalue weighted by Gasteiger charge is 2.32. The van der Waals surface area contributed by atoms with Gasteiger partial charge in [-0.15, -0.1) is 11.3 Å². The molecule has 0 bridgehead atoms. The predicted molar refractivity (Wildman–Crippen MR) is 155 cm³/mol. The molecule has 2 aromatic heterocycles. The van der Waals surface area contributed by atoms with Gasteiger partial charge in [-0.05, 0) is 66.1 Å². The van der Waals surface area contributed by atoms with Crippen LogP contribution in [0.4, 0.5) is 37.7 Å². The number of hydrogen-bond acceptors (Lipinski definition) is 4. The van der Waals surface area contributed by atoms with Crippen LogP contribution < -0.4 is 10.6 Å². The molecule has 5 rings (SSSR count). The molecule has 2 N–H and O–H groups in total. The summed E-state index contributed by atoms with van der Waals surface area (Å²) in [5.74, 6) is -2.20. The standard InChI is InChI=1S/C31H20F6N4O2S/c32-30(33,34)20-7-4-9-22(16-20)38-28(42)25(29(43)39-23-10-5-8-21(17-23)31(35,36)37)15-19-18-41(24-11-2-1-3-12-24)40-27(19)26-13-6-14-44-26/h1-18H,(H,38,42)(H,39,43). The number of rotatable bonds is 7. The van der Waals surface area contributed by atoms with E-state index in [-0.39, 0.29) is 11.4 Å². The molecule has 0 aliphatic rings. The second kappa shape index (κ2) is 12.2. The molecule has 0 unspecified atom stereocenters. The number of aromatic nitrogens is 2. The summed E-state index contributed by atoms with van der Waals surface area (Å²) in [5.41, 5.74) is -1.80. The SMILES string of the molecule is O=C(Nc1cccc(C(F)(F)F)c1)C(=Cc1cn(-c2ccccc2)nc1-c1cccs1)C(=O)Nc1cccc(C(F)(F)F)c1. The van der Waals surface area contributed by atoms with Gasteiger partial charge in [-0.1, -0.05) is 36.4 Å². The van der Waals surface area contributed by atoms with E-state index in [0.29, 0.717) is 34.0 Å². The molecular weight excluding hydrogens is 606 g/mol. The van der Waals surface area contributed by atoms with Crippen LogP contribution >= 0.6 is 11.3 Å². The first-order valence-corrected chi connectivity index (χ1v) is 13.6. The molecule has 3 aromatic carbocycles. The summed E-state index contributed by atoms with van der Waals surface area (Å²) in [7, 11) is 0. The van der Waals surface area contributed by atoms with Crippen molar-refractivity contribution in [3.8, 4) is 16.3 Å². The van der Waals surface area contributed by atoms with Crippen LogP contribution in [0.2, 0.25) is 0 Å². The first-order chi connectivity index (χ1) is 20.9. The van der Waals surface area contributed by atoms with E-state index in [1.54, 1.807) is 48.0 Å². The van der Waals surface area contributed by atoms with E-state index in [2.05, 4.69) is 15.7 Å². The molecule has 0 atom stereocenters. The number of alkyl halides is 6. The molecule has 0 fully saturated rings. The van der Waals surface area contributed by atoms with Crippen molar-refractivity contribution in [3.05, 3.63) is 125 Å². The van der Waals surface area contributed by atoms with E-state index in [0.717, 1.165) is 24.3 Å². The minimum absolute atomic E-state index is 0.249. The van der Waals surface area contributed by atoms with Crippen molar-refractivity contribution in [1.29, 1.82) is 0 Å². The average Bonchev–Trinajstić information content (AvgIpc) is 3.66. The Kier molecular flexibility index (Phi) is 8.41. The number of carbonyl (C=O) groups is 2. The molecule has 0 aliphatic heterocycles. The zero-order chi connectivity index (χ0) is 31.5. The molecule has 13 heteroatoms. The second-order valence-electron chi connectivity index (χ2n) is 9.31. The number of nitrogens with zero attached hydrogens (tertiary/aromatic N) is 2. The van der Waals surface area contributed by atoms with Crippen molar-refractivity contribution in [1.82, 2.24) is 9.78 Å². The van der Waals surface area contributed by atoms with E-state index in [9.17, 15) is 35.9 Å². The molecule has 44 heavy (non-hydrogen) atoms. The van der Waals surface area contributed by atoms with Gasteiger partial charge in [0.1, 0.15) is 11.3 Å². The Labute approximate surface area is 250 Å². The van der Waals surface area contributed by atoms with Gasteiger partial charge in [0.15, 0.2) is 0 Å². The third-order valence-electron chi connectivity index (χ3n) is 6.20. The van der Waals surface area contributed by atoms with Gasteiger partial charge in [-0.25, -0.2) is 4.68 Å². The normalized spacial score (nSPS) is 11.6. The maximum atomic E-state index is 13.5. The smallest absolute Gasteiger partial charge is 0.322 e. The van der Waals surface area contributed by atoms with Crippen LogP contribution in [0, 0.1) is 0 Å². The molecule has 2 heterocycles. The molecule has 0 aliphatic carbocycles. The topological polar surface area (TPSA) is 76.0 Å². The van der Waals surface area contributed by atoms with Crippen molar-refractivity contribution in [2.45, 2.75) is 12.4 Å². The lowest BCUT2D eigenvalue weighted by Crippen LogP contribution is -2.25. The number of para-hydroxylation sites is 1. The highest BCUT2D eigenvalue weighted by atomic mass is 32.1. The molecule has 0 spiro atoms. The molecule has 6 nitrogen and oxygen atoms in total. The molecule has 2 amide bonds. The van der Waals surface area contributed by atoms with Crippen molar-refractivity contribution < 1.29 is 35.9 Å². The number of amides is 2. The van der Waals surface area contributed by atoms with Gasteiger partial charge in [0.25, 0.3) is 11.8 Å². The van der Waals surface area contributed by atoms with Crippen LogP contribution in [0.3, 0.4) is 0 Å². The fraction of sp³-hybridized carbons (Fsp3) is 0.0645. The number of halogens is 6. The summed E-state index contributed by atoms with van der Waals surface area (Å²) in [6.45, 7) is 0. The van der Waals surface area contributed by atoms with Gasteiger partial charge in [0.2, 0.25) is 0 Å². The van der Waals surface area contributed by atoms with E-state index >= 15 is 0 Å². The van der Waals surface area contributed by atoms with Crippen LogP contribution in [0.5, 0.6) is 0 Å². The van der Waals surface area contributed by atoms with Crippen LogP contribution in [-0.4, -0.2) is 21.6 Å². The molecule has 0 saturated carbocycles. The van der Waals surface area contributed by atoms with Crippen LogP contribution in [0.1, 0.15) is 16.7 Å². The zero-order valence-electron chi connectivity index (χ0n) is 22.3. The number of carbonyl (C=O) groups excluding carboxylic acids is 2. The van der Waals surface area contributed by atoms with Gasteiger partial charge in [-0.3, -0.25) is 9.59 Å². The zero-order valence-corrected chi connectivity index (χ0v) is 23.1. The predicted octanol–water partition coefficient (Wildman–Crippen LogP) is 8.30. The number of nitrogens with one attached hydrogen (secondary N) is 2. The van der Waals surface area contributed by atoms with E-state index in [4.69, 9.17) is 0 Å². The summed E-state index contributed by atoms with van der Waals surface area (Å²) in [5, 5.41) is 11.0. The monoisotopic (exact) mass is 626 g/mol. The van der Waals surface area contributed by atoms with E-state index in [1.807, 2.05) is 6.07 Å². The van der Waals surface area contributed by atoms with Crippen molar-refractivity contribution in [2.75, 3.05) is 10.6 Å². The number of thiophene rings is 1. The highest BCUT2D eigenvalue weighted by Crippen LogP contribution is 2.33. The van der Waals surface area contributed by atoms with E-state index < -0.39 is 40.9 Å². The lowest BCUT2D eigenvalue weighted by atomic mass is 10.1. The summed E-state index contributed by atoms with van der Waals surface area (Å²) < 4.78 is 81.2. The summed E-state index contributed by atoms with van der Waals surface area (Å²) in [6.07, 6.45) is -6.64. The van der Waals surface area contributed by atoms with Gasteiger partial charge < -0.3 is 10.6 Å². The van der Waals surface area contributed by atoms with Crippen molar-refractivity contribution >= 4 is 40.6 Å². The average molecular weight is 627 g/mol. The number of hydrogen-bond donors (Lipinski definition) is 2. The molecule has 5 aromatic rings. The Bertz CT molecular complexity index is 1750. The minimum Gasteiger partial charge on any atom is -0.322 e. The number of benzene rings is 3. The summed E-state index contributed by atoms with van der Waals surface area (Å²) in [6, 6.07) is 20.1. The fourth-order valence-electron chi connectivity index (χ4n) is 4.14. The van der Waals surface area contributed by atoms with Gasteiger partial charge in [0.05, 0.1) is 21.7 Å². The van der Waals surface area contributed by atoms with Crippen LogP contribution in [0.15, 0.2) is 108 Å². The first-order valence-electron chi connectivity index (χ1n) is 12.8. The molecule has 0 radical (unpaired) electrons. The fourth-order valence-corrected chi connectivity index (χ4v) is 4.87. The quantitative estimate of drug-likeness (QED) is 0.0826. The van der Waals surface area contributed by atoms with Gasteiger partial charge >= 0.3 is 12.4 Å². The second-order valence-corrected chi connectivity index (χ2v) is 10.3. The largest absolute Gasteiger partial charge is 0.416 e. The summed E-state index contributed by atoms with van der Waals surface area (Å²) >= 11 is 1.34. The summed E-state index contributed by atoms with van der Waals surface area (Å²) in [4.78, 5) is 27.7. The highest BCUT2D eigenvalue weighted by molar-refractivity contribution is 7.13. The van der Waals surface area contributed by atoms with Gasteiger partial charge in [-0.2, -0.15) is 31.4 Å². The Balaban J connectivity index is 1.58. The third kappa shape index (κ3) is 7.06. The molecular formula is C31H20F6N4O2S. The Morgan fingerprint density at radius 1 is 0.727 bits per heavy atom. The molecule has 224 valence electrons. The van der Waals surface area contributed by atoms with Crippen molar-refractivity contribution in [2.24, 2.45) is 0 Å². The molecule has 0 saturated heterocycles. The van der Waals surface area contributed by atoms with Gasteiger partial charge in [0, 0.05) is 23.1 Å². The van der Waals surface area contributed by atoms with Crippen LogP contribution in [0.25, 0.3) is 22.3 Å². The third-order valence-corrected chi connectivity index (χ3v) is 7.08.